The molecule has 7 N–H and O–H groups in total. The lowest BCUT2D eigenvalue weighted by atomic mass is 9.64. The lowest BCUT2D eigenvalue weighted by Gasteiger charge is -2.55. The van der Waals surface area contributed by atoms with Gasteiger partial charge in [-0.05, 0) is 57.8 Å². The van der Waals surface area contributed by atoms with E-state index in [1.54, 1.807) is 20.3 Å². The number of aliphatic hydroxyl groups excluding tert-OH is 6. The molecule has 0 aromatic heterocycles. The van der Waals surface area contributed by atoms with Crippen molar-refractivity contribution in [2.75, 3.05) is 20.8 Å². The molecule has 0 aromatic rings. The molecule has 15 atom stereocenters. The fraction of sp³-hybridized carbons (Fsp3) is 0.914. The van der Waals surface area contributed by atoms with Crippen molar-refractivity contribution in [1.29, 1.82) is 0 Å². The average Bonchev–Trinajstić information content (AvgIpc) is 3.08. The van der Waals surface area contributed by atoms with E-state index in [0.29, 0.717) is 44.9 Å². The monoisotopic (exact) mass is 701 g/mol. The number of carbonyl (C=O) groups excluding carboxylic acids is 1. The van der Waals surface area contributed by atoms with Gasteiger partial charge in [0, 0.05) is 45.0 Å². The number of methoxy groups -OCH3 is 2. The van der Waals surface area contributed by atoms with Gasteiger partial charge in [0.1, 0.15) is 43.2 Å². The van der Waals surface area contributed by atoms with E-state index in [4.69, 9.17) is 33.2 Å². The highest BCUT2D eigenvalue weighted by molar-refractivity contribution is 5.81. The summed E-state index contributed by atoms with van der Waals surface area (Å²) >= 11 is 0. The predicted molar refractivity (Wildman–Crippen MR) is 171 cm³/mol. The van der Waals surface area contributed by atoms with Gasteiger partial charge in [-0.25, -0.2) is 4.79 Å². The second-order valence-corrected chi connectivity index (χ2v) is 15.2. The Balaban J connectivity index is 1.20. The SMILES string of the molecule is COC1CC(C2[OH+]C3CC(O)CC4OC(C)CC(C2OC2OC(COC(=O)C=CC5CCC(O)CC5)C(O)C(O)C2O)C43)CC(OC)C1O. The van der Waals surface area contributed by atoms with Crippen LogP contribution in [0.4, 0.5) is 0 Å². The minimum absolute atomic E-state index is 0.0429. The molecular formula is C35H57O14+. The maximum atomic E-state index is 12.6. The lowest BCUT2D eigenvalue weighted by molar-refractivity contribution is -0.380. The molecule has 0 bridgehead atoms. The van der Waals surface area contributed by atoms with Gasteiger partial charge < -0.3 is 63.8 Å². The zero-order valence-corrected chi connectivity index (χ0v) is 28.7. The van der Waals surface area contributed by atoms with Gasteiger partial charge in [0.15, 0.2) is 18.5 Å². The molecule has 280 valence electrons. The summed E-state index contributed by atoms with van der Waals surface area (Å²) < 4.78 is 41.1. The van der Waals surface area contributed by atoms with Crippen LogP contribution in [0.2, 0.25) is 0 Å². The molecule has 6 fully saturated rings. The third-order valence-electron chi connectivity index (χ3n) is 12.0. The Morgan fingerprint density at radius 3 is 2.18 bits per heavy atom. The number of carbonyl (C=O) groups is 1. The number of allylic oxidation sites excluding steroid dienone is 1. The topological polar surface area (TPSA) is 207 Å². The van der Waals surface area contributed by atoms with E-state index in [1.165, 1.54) is 6.08 Å². The summed E-state index contributed by atoms with van der Waals surface area (Å²) in [5.41, 5.74) is 0. The average molecular weight is 702 g/mol. The number of ether oxygens (including phenoxy) is 7. The standard InChI is InChI=1S/C35H56O14/c1-16-10-21-28-22(46-16)13-20(37)14-23(28)47-33(18-11-24(43-2)29(39)25(12-18)44-3)34(21)49-35-32(42)31(41)30(40)26(48-35)15-45-27(38)9-6-17-4-7-19(36)8-5-17/h6,9,16-26,28-37,39-42H,4-5,7-8,10-15H2,1-3H3/p+1. The van der Waals surface area contributed by atoms with Crippen molar-refractivity contribution in [3.05, 3.63) is 12.2 Å². The van der Waals surface area contributed by atoms with E-state index < -0.39 is 73.3 Å². The fourth-order valence-corrected chi connectivity index (χ4v) is 9.45. The number of aliphatic hydroxyl groups is 8. The van der Waals surface area contributed by atoms with Gasteiger partial charge in [-0.15, -0.1) is 0 Å². The third-order valence-corrected chi connectivity index (χ3v) is 12.0. The van der Waals surface area contributed by atoms with Crippen molar-refractivity contribution >= 4 is 5.97 Å². The van der Waals surface area contributed by atoms with Crippen molar-refractivity contribution in [1.82, 2.24) is 0 Å². The first kappa shape index (κ1) is 37.5. The van der Waals surface area contributed by atoms with E-state index in [-0.39, 0.29) is 54.7 Å². The Hall–Kier alpha value is -1.27. The van der Waals surface area contributed by atoms with Crippen LogP contribution in [0.15, 0.2) is 12.2 Å². The Morgan fingerprint density at radius 2 is 1.51 bits per heavy atom. The second-order valence-electron chi connectivity index (χ2n) is 15.2. The highest BCUT2D eigenvalue weighted by Crippen LogP contribution is 2.50. The maximum Gasteiger partial charge on any atom is 0.330 e. The molecule has 0 aromatic carbocycles. The zero-order chi connectivity index (χ0) is 35.0. The largest absolute Gasteiger partial charge is 0.460 e. The molecule has 15 unspecified atom stereocenters. The summed E-state index contributed by atoms with van der Waals surface area (Å²) in [6.45, 7) is 1.62. The normalized spacial score (nSPS) is 50.5. The van der Waals surface area contributed by atoms with Crippen molar-refractivity contribution in [2.45, 2.75) is 156 Å². The van der Waals surface area contributed by atoms with Crippen LogP contribution >= 0.6 is 0 Å². The van der Waals surface area contributed by atoms with Crippen LogP contribution in [0.3, 0.4) is 0 Å². The number of hydrogen-bond acceptors (Lipinski definition) is 13. The van der Waals surface area contributed by atoms with Gasteiger partial charge in [0.25, 0.3) is 0 Å². The first-order valence-electron chi connectivity index (χ1n) is 18.1. The molecule has 3 saturated carbocycles. The van der Waals surface area contributed by atoms with Crippen molar-refractivity contribution in [3.63, 3.8) is 0 Å². The van der Waals surface area contributed by atoms with Crippen LogP contribution in [0.25, 0.3) is 0 Å². The van der Waals surface area contributed by atoms with Gasteiger partial charge in [-0.3, -0.25) is 0 Å². The molecule has 49 heavy (non-hydrogen) atoms. The first-order valence-corrected chi connectivity index (χ1v) is 18.1. The van der Waals surface area contributed by atoms with Gasteiger partial charge in [-0.1, -0.05) is 6.08 Å². The van der Waals surface area contributed by atoms with E-state index in [1.807, 2.05) is 6.92 Å². The number of rotatable bonds is 9. The Bertz CT molecular complexity index is 1100. The third kappa shape index (κ3) is 8.21. The Labute approximate surface area is 287 Å². The first-order chi connectivity index (χ1) is 23.5. The van der Waals surface area contributed by atoms with Crippen molar-refractivity contribution in [3.8, 4) is 0 Å². The molecule has 3 heterocycles. The molecule has 0 radical (unpaired) electrons. The molecule has 0 spiro atoms. The molecule has 3 saturated heterocycles. The summed E-state index contributed by atoms with van der Waals surface area (Å²) in [4.78, 5) is 12.6. The summed E-state index contributed by atoms with van der Waals surface area (Å²) in [7, 11) is 3.10. The van der Waals surface area contributed by atoms with E-state index >= 15 is 0 Å². The van der Waals surface area contributed by atoms with Crippen LogP contribution in [0.1, 0.15) is 64.7 Å². The van der Waals surface area contributed by atoms with Gasteiger partial charge >= 0.3 is 5.97 Å². The zero-order valence-electron chi connectivity index (χ0n) is 28.7. The molecule has 6 rings (SSSR count). The van der Waals surface area contributed by atoms with E-state index in [0.717, 1.165) is 12.8 Å². The summed E-state index contributed by atoms with van der Waals surface area (Å²) in [6, 6.07) is 0. The molecule has 6 aliphatic rings. The summed E-state index contributed by atoms with van der Waals surface area (Å²) in [5, 5.41) is 64.3. The Kier molecular flexibility index (Phi) is 12.4. The van der Waals surface area contributed by atoms with Crippen LogP contribution in [0.5, 0.6) is 0 Å². The maximum absolute atomic E-state index is 12.6. The van der Waals surface area contributed by atoms with Gasteiger partial charge in [0.05, 0.1) is 42.5 Å². The van der Waals surface area contributed by atoms with Crippen LogP contribution in [0, 0.1) is 23.7 Å². The fourth-order valence-electron chi connectivity index (χ4n) is 9.45. The lowest BCUT2D eigenvalue weighted by Crippen LogP contribution is -2.68. The minimum atomic E-state index is -1.63. The molecule has 14 nitrogen and oxygen atoms in total. The quantitative estimate of drug-likeness (QED) is 0.102. The van der Waals surface area contributed by atoms with Crippen molar-refractivity contribution in [2.24, 2.45) is 23.7 Å². The minimum Gasteiger partial charge on any atom is -0.460 e. The highest BCUT2D eigenvalue weighted by Gasteiger charge is 2.62. The van der Waals surface area contributed by atoms with Gasteiger partial charge in [0.2, 0.25) is 0 Å². The predicted octanol–water partition coefficient (Wildman–Crippen LogP) is -0.526. The summed E-state index contributed by atoms with van der Waals surface area (Å²) in [5.74, 6) is -0.740. The molecule has 3 aliphatic heterocycles. The summed E-state index contributed by atoms with van der Waals surface area (Å²) in [6.07, 6.45) is -2.98. The highest BCUT2D eigenvalue weighted by atomic mass is 16.7. The molecule has 14 heteroatoms. The number of esters is 1. The molecule has 0 amide bonds. The van der Waals surface area contributed by atoms with Gasteiger partial charge in [-0.2, -0.15) is 0 Å². The van der Waals surface area contributed by atoms with Crippen LogP contribution in [-0.2, 0) is 33.2 Å². The van der Waals surface area contributed by atoms with Crippen LogP contribution < -0.4 is 0 Å². The van der Waals surface area contributed by atoms with E-state index in [9.17, 15) is 35.4 Å². The molecule has 3 aliphatic carbocycles. The number of hydrogen-bond donors (Lipinski definition) is 6. The van der Waals surface area contributed by atoms with Crippen molar-refractivity contribution < 1.29 is 68.6 Å². The van der Waals surface area contributed by atoms with Crippen LogP contribution in [-0.4, -0.2) is 154 Å². The van der Waals surface area contributed by atoms with E-state index in [2.05, 4.69) is 0 Å². The molecular weight excluding hydrogens is 644 g/mol. The smallest absolute Gasteiger partial charge is 0.330 e. The second kappa shape index (κ2) is 16.2. The Morgan fingerprint density at radius 1 is 0.816 bits per heavy atom.